The Morgan fingerprint density at radius 1 is 1.08 bits per heavy atom. The van der Waals surface area contributed by atoms with Gasteiger partial charge in [0.1, 0.15) is 17.3 Å². The molecule has 1 N–H and O–H groups in total. The molecule has 0 aliphatic heterocycles. The molecular weight excluding hydrogens is 472 g/mol. The monoisotopic (exact) mass is 506 g/mol. The Kier molecular flexibility index (Phi) is 6.76. The third-order valence-electron chi connectivity index (χ3n) is 7.58. The van der Waals surface area contributed by atoms with Gasteiger partial charge in [0.2, 0.25) is 5.91 Å². The van der Waals surface area contributed by atoms with Gasteiger partial charge in [-0.25, -0.2) is 4.68 Å². The number of hydrogen-bond acceptors (Lipinski definition) is 6. The molecule has 10 nitrogen and oxygen atoms in total. The van der Waals surface area contributed by atoms with Gasteiger partial charge in [0.15, 0.2) is 0 Å². The second-order valence-corrected chi connectivity index (χ2v) is 10.2. The SMILES string of the molecule is COCc1cc(C(=O)Nc2cc(C3C[C@@H]4C(C(=O)N(C)C)[C@@H]4C3)nn2Cc2ccc(OC)cc2)n(C)n1. The van der Waals surface area contributed by atoms with E-state index < -0.39 is 0 Å². The highest BCUT2D eigenvalue weighted by molar-refractivity contribution is 6.02. The molecular formula is C27H34N6O4. The highest BCUT2D eigenvalue weighted by atomic mass is 16.5. The highest BCUT2D eigenvalue weighted by Crippen LogP contribution is 2.62. The number of nitrogens with zero attached hydrogens (tertiary/aromatic N) is 5. The molecule has 2 aliphatic rings. The van der Waals surface area contributed by atoms with Gasteiger partial charge in [0, 0.05) is 46.2 Å². The van der Waals surface area contributed by atoms with Gasteiger partial charge in [-0.3, -0.25) is 14.3 Å². The van der Waals surface area contributed by atoms with Crippen molar-refractivity contribution in [3.8, 4) is 5.75 Å². The summed E-state index contributed by atoms with van der Waals surface area (Å²) < 4.78 is 13.8. The number of benzene rings is 1. The Labute approximate surface area is 216 Å². The number of amides is 2. The van der Waals surface area contributed by atoms with Crippen LogP contribution in [0.1, 0.15) is 46.2 Å². The highest BCUT2D eigenvalue weighted by Gasteiger charge is 2.60. The number of hydrogen-bond donors (Lipinski definition) is 1. The average molecular weight is 507 g/mol. The fraction of sp³-hybridized carbons (Fsp3) is 0.481. The van der Waals surface area contributed by atoms with Gasteiger partial charge in [-0.2, -0.15) is 10.2 Å². The van der Waals surface area contributed by atoms with Crippen LogP contribution in [0.5, 0.6) is 5.75 Å². The number of rotatable bonds is 9. The Hall–Kier alpha value is -3.66. The topological polar surface area (TPSA) is 104 Å². The lowest BCUT2D eigenvalue weighted by atomic mass is 9.96. The number of methoxy groups -OCH3 is 2. The summed E-state index contributed by atoms with van der Waals surface area (Å²) in [4.78, 5) is 27.3. The van der Waals surface area contributed by atoms with Crippen LogP contribution in [0, 0.1) is 17.8 Å². The lowest BCUT2D eigenvalue weighted by Crippen LogP contribution is -2.25. The van der Waals surface area contributed by atoms with E-state index in [1.54, 1.807) is 36.9 Å². The minimum atomic E-state index is -0.259. The van der Waals surface area contributed by atoms with E-state index in [-0.39, 0.29) is 23.7 Å². The molecule has 2 saturated carbocycles. The zero-order chi connectivity index (χ0) is 26.3. The van der Waals surface area contributed by atoms with Gasteiger partial charge in [-0.1, -0.05) is 12.1 Å². The number of carbonyl (C=O) groups excluding carboxylic acids is 2. The lowest BCUT2D eigenvalue weighted by Gasteiger charge is -2.15. The second kappa shape index (κ2) is 10.0. The second-order valence-electron chi connectivity index (χ2n) is 10.2. The quantitative estimate of drug-likeness (QED) is 0.479. The minimum absolute atomic E-state index is 0.151. The van der Waals surface area contributed by atoms with E-state index in [1.165, 1.54) is 0 Å². The van der Waals surface area contributed by atoms with Crippen LogP contribution in [0.25, 0.3) is 0 Å². The number of aryl methyl sites for hydroxylation is 1. The molecule has 0 saturated heterocycles. The normalized spacial score (nSPS) is 22.0. The van der Waals surface area contributed by atoms with Gasteiger partial charge in [-0.05, 0) is 48.4 Å². The molecule has 5 rings (SSSR count). The standard InChI is InChI=1S/C27H34N6O4/c1-31(2)27(35)25-20-10-17(11-21(20)25)22-13-24(28-26(34)23-12-18(15-36-4)29-32(23)3)33(30-22)14-16-6-8-19(37-5)9-7-16/h6-9,12-13,17,20-21,25H,10-11,14-15H2,1-5H3,(H,28,34)/t17?,20-,21+,25?. The Morgan fingerprint density at radius 3 is 2.41 bits per heavy atom. The van der Waals surface area contributed by atoms with Crippen molar-refractivity contribution < 1.29 is 19.1 Å². The predicted octanol–water partition coefficient (Wildman–Crippen LogP) is 2.90. The van der Waals surface area contributed by atoms with E-state index in [4.69, 9.17) is 14.6 Å². The van der Waals surface area contributed by atoms with Crippen molar-refractivity contribution in [1.29, 1.82) is 0 Å². The van der Waals surface area contributed by atoms with Crippen LogP contribution in [-0.4, -0.2) is 64.6 Å². The van der Waals surface area contributed by atoms with Crippen molar-refractivity contribution in [2.24, 2.45) is 24.8 Å². The molecule has 0 spiro atoms. The molecule has 3 aromatic rings. The molecule has 196 valence electrons. The first-order valence-electron chi connectivity index (χ1n) is 12.5. The van der Waals surface area contributed by atoms with E-state index in [2.05, 4.69) is 10.4 Å². The molecule has 10 heteroatoms. The fourth-order valence-electron chi connectivity index (χ4n) is 5.65. The maximum Gasteiger partial charge on any atom is 0.275 e. The predicted molar refractivity (Wildman–Crippen MR) is 137 cm³/mol. The minimum Gasteiger partial charge on any atom is -0.497 e. The number of carbonyl (C=O) groups is 2. The first-order chi connectivity index (χ1) is 17.8. The van der Waals surface area contributed by atoms with E-state index >= 15 is 0 Å². The molecule has 2 unspecified atom stereocenters. The van der Waals surface area contributed by atoms with E-state index in [9.17, 15) is 9.59 Å². The fourth-order valence-corrected chi connectivity index (χ4v) is 5.65. The van der Waals surface area contributed by atoms with Crippen molar-refractivity contribution in [1.82, 2.24) is 24.5 Å². The van der Waals surface area contributed by atoms with Crippen LogP contribution >= 0.6 is 0 Å². The molecule has 2 fully saturated rings. The third kappa shape index (κ3) is 4.98. The first kappa shape index (κ1) is 25.0. The number of anilines is 1. The van der Waals surface area contributed by atoms with Crippen LogP contribution in [0.2, 0.25) is 0 Å². The largest absolute Gasteiger partial charge is 0.497 e. The number of nitrogens with one attached hydrogen (secondary N) is 1. The zero-order valence-electron chi connectivity index (χ0n) is 22.0. The Balaban J connectivity index is 1.37. The summed E-state index contributed by atoms with van der Waals surface area (Å²) >= 11 is 0. The Morgan fingerprint density at radius 2 is 1.78 bits per heavy atom. The van der Waals surface area contributed by atoms with E-state index in [0.29, 0.717) is 42.2 Å². The van der Waals surface area contributed by atoms with Crippen molar-refractivity contribution >= 4 is 17.6 Å². The molecule has 4 atom stereocenters. The van der Waals surface area contributed by atoms with Crippen LogP contribution in [0.3, 0.4) is 0 Å². The first-order valence-corrected chi connectivity index (χ1v) is 12.5. The Bertz CT molecular complexity index is 1280. The molecule has 1 aromatic carbocycles. The molecule has 2 heterocycles. The van der Waals surface area contributed by atoms with Crippen molar-refractivity contribution in [2.45, 2.75) is 31.9 Å². The third-order valence-corrected chi connectivity index (χ3v) is 7.58. The van der Waals surface area contributed by atoms with Crippen LogP contribution in [0.4, 0.5) is 5.82 Å². The summed E-state index contributed by atoms with van der Waals surface area (Å²) in [5.74, 6) is 2.68. The van der Waals surface area contributed by atoms with Crippen molar-refractivity contribution in [3.05, 3.63) is 59.0 Å². The maximum atomic E-state index is 13.2. The van der Waals surface area contributed by atoms with Gasteiger partial charge in [-0.15, -0.1) is 0 Å². The zero-order valence-corrected chi connectivity index (χ0v) is 22.0. The van der Waals surface area contributed by atoms with Gasteiger partial charge >= 0.3 is 0 Å². The van der Waals surface area contributed by atoms with Crippen molar-refractivity contribution in [3.63, 3.8) is 0 Å². The number of aromatic nitrogens is 4. The molecule has 2 aliphatic carbocycles. The molecule has 2 aromatic heterocycles. The summed E-state index contributed by atoms with van der Waals surface area (Å²) in [7, 11) is 8.62. The van der Waals surface area contributed by atoms with E-state index in [1.807, 2.05) is 49.1 Å². The summed E-state index contributed by atoms with van der Waals surface area (Å²) in [5.41, 5.74) is 3.13. The van der Waals surface area contributed by atoms with Gasteiger partial charge < -0.3 is 19.7 Å². The van der Waals surface area contributed by atoms with E-state index in [0.717, 1.165) is 29.8 Å². The molecule has 37 heavy (non-hydrogen) atoms. The van der Waals surface area contributed by atoms with Crippen LogP contribution in [-0.2, 0) is 29.7 Å². The smallest absolute Gasteiger partial charge is 0.275 e. The number of fused-ring (bicyclic) bond motifs is 1. The average Bonchev–Trinajstić information content (AvgIpc) is 3.21. The summed E-state index contributed by atoms with van der Waals surface area (Å²) in [6, 6.07) is 11.5. The molecule has 0 radical (unpaired) electrons. The molecule has 2 amide bonds. The maximum absolute atomic E-state index is 13.2. The van der Waals surface area contributed by atoms with Gasteiger partial charge in [0.05, 0.1) is 31.6 Å². The summed E-state index contributed by atoms with van der Waals surface area (Å²) in [6.45, 7) is 0.837. The lowest BCUT2D eigenvalue weighted by molar-refractivity contribution is -0.130. The summed E-state index contributed by atoms with van der Waals surface area (Å²) in [5, 5.41) is 12.3. The van der Waals surface area contributed by atoms with Crippen molar-refractivity contribution in [2.75, 3.05) is 33.6 Å². The van der Waals surface area contributed by atoms with Crippen LogP contribution in [0.15, 0.2) is 36.4 Å². The number of ether oxygens (including phenoxy) is 2. The van der Waals surface area contributed by atoms with Gasteiger partial charge in [0.25, 0.3) is 5.91 Å². The van der Waals surface area contributed by atoms with Crippen LogP contribution < -0.4 is 10.1 Å². The summed E-state index contributed by atoms with van der Waals surface area (Å²) in [6.07, 6.45) is 1.90. The molecule has 0 bridgehead atoms.